The Bertz CT molecular complexity index is 1360. The number of nitrogens with one attached hydrogen (secondary N) is 1. The lowest BCUT2D eigenvalue weighted by molar-refractivity contribution is -0.0846. The van der Waals surface area contributed by atoms with Crippen LogP contribution in [0.3, 0.4) is 0 Å². The highest BCUT2D eigenvalue weighted by Gasteiger charge is 2.54. The maximum absolute atomic E-state index is 13.0. The lowest BCUT2D eigenvalue weighted by atomic mass is 9.53. The van der Waals surface area contributed by atoms with Crippen molar-refractivity contribution in [2.24, 2.45) is 16.6 Å². The minimum atomic E-state index is -0.513. The van der Waals surface area contributed by atoms with Gasteiger partial charge in [0, 0.05) is 30.4 Å². The lowest BCUT2D eigenvalue weighted by Crippen LogP contribution is -2.59. The number of aliphatic hydroxyl groups excluding tert-OH is 1. The Morgan fingerprint density at radius 3 is 2.73 bits per heavy atom. The van der Waals surface area contributed by atoms with Gasteiger partial charge in [0.25, 0.3) is 11.8 Å². The zero-order chi connectivity index (χ0) is 25.9. The van der Waals surface area contributed by atoms with Crippen molar-refractivity contribution in [3.05, 3.63) is 40.0 Å². The fourth-order valence-electron chi connectivity index (χ4n) is 5.98. The molecule has 1 spiro atoms. The van der Waals surface area contributed by atoms with Crippen molar-refractivity contribution in [2.45, 2.75) is 44.8 Å². The zero-order valence-corrected chi connectivity index (χ0v) is 22.0. The molecular formula is C25H29ClN6O4S. The molecule has 4 heterocycles. The molecule has 6 rings (SSSR count). The number of carbonyl (C=O) groups excluding carboxylic acids is 2. The van der Waals surface area contributed by atoms with E-state index in [2.05, 4.69) is 20.3 Å². The number of thiazole rings is 1. The number of amides is 2. The molecule has 3 aliphatic rings. The van der Waals surface area contributed by atoms with Crippen molar-refractivity contribution < 1.29 is 19.4 Å². The second-order valence-corrected chi connectivity index (χ2v) is 12.4. The molecule has 0 radical (unpaired) electrons. The summed E-state index contributed by atoms with van der Waals surface area (Å²) in [5.74, 6) is 0.132. The topological polar surface area (TPSA) is 135 Å². The first-order valence-electron chi connectivity index (χ1n) is 12.4. The zero-order valence-electron chi connectivity index (χ0n) is 20.4. The molecule has 1 saturated heterocycles. The Kier molecular flexibility index (Phi) is 5.85. The lowest BCUT2D eigenvalue weighted by Gasteiger charge is -2.57. The molecule has 2 aliphatic carbocycles. The number of fused-ring (bicyclic) bond motifs is 1. The summed E-state index contributed by atoms with van der Waals surface area (Å²) in [5, 5.41) is 17.9. The number of nitrogens with two attached hydrogens (primary N) is 1. The van der Waals surface area contributed by atoms with Crippen molar-refractivity contribution in [2.75, 3.05) is 30.5 Å². The first kappa shape index (κ1) is 24.4. The van der Waals surface area contributed by atoms with Gasteiger partial charge in [0.1, 0.15) is 6.10 Å². The number of aryl methyl sites for hydroxylation is 1. The third kappa shape index (κ3) is 4.22. The van der Waals surface area contributed by atoms with Crippen LogP contribution in [-0.2, 0) is 0 Å². The molecule has 1 aliphatic heterocycles. The van der Waals surface area contributed by atoms with Crippen LogP contribution in [0.15, 0.2) is 24.5 Å². The van der Waals surface area contributed by atoms with Gasteiger partial charge in [0.2, 0.25) is 5.88 Å². The molecular weight excluding hydrogens is 516 g/mol. The number of primary amides is 1. The van der Waals surface area contributed by atoms with E-state index < -0.39 is 5.91 Å². The molecule has 3 fully saturated rings. The summed E-state index contributed by atoms with van der Waals surface area (Å²) >= 11 is 7.27. The van der Waals surface area contributed by atoms with E-state index in [4.69, 9.17) is 22.1 Å². The number of halogens is 1. The normalized spacial score (nSPS) is 25.9. The van der Waals surface area contributed by atoms with Crippen molar-refractivity contribution in [3.8, 4) is 5.88 Å². The van der Waals surface area contributed by atoms with Crippen molar-refractivity contribution in [1.82, 2.24) is 19.9 Å². The van der Waals surface area contributed by atoms with Gasteiger partial charge in [-0.1, -0.05) is 0 Å². The first-order chi connectivity index (χ1) is 17.7. The average molecular weight is 545 g/mol. The molecule has 2 amide bonds. The van der Waals surface area contributed by atoms with E-state index in [1.807, 2.05) is 25.3 Å². The minimum Gasteiger partial charge on any atom is -0.473 e. The molecule has 2 saturated carbocycles. The van der Waals surface area contributed by atoms with Crippen molar-refractivity contribution >= 4 is 46.0 Å². The van der Waals surface area contributed by atoms with Gasteiger partial charge in [-0.3, -0.25) is 9.59 Å². The molecule has 3 aromatic rings. The molecule has 3 aromatic heterocycles. The van der Waals surface area contributed by atoms with Crippen LogP contribution in [0.1, 0.15) is 50.7 Å². The Labute approximate surface area is 222 Å². The van der Waals surface area contributed by atoms with Crippen LogP contribution in [0, 0.1) is 17.8 Å². The number of ether oxygens (including phenoxy) is 1. The second kappa shape index (κ2) is 8.85. The van der Waals surface area contributed by atoms with E-state index in [1.165, 1.54) is 11.3 Å². The SMILES string of the molecule is Cc1nc(OC2CC3(CC(NC(=O)c4cnn5cc(N6CC(CO)(CCl)C6)ccc45)C3)C2)c(C(N)=O)s1. The van der Waals surface area contributed by atoms with E-state index >= 15 is 0 Å². The number of pyridine rings is 1. The van der Waals surface area contributed by atoms with E-state index in [1.54, 1.807) is 10.7 Å². The molecule has 0 atom stereocenters. The van der Waals surface area contributed by atoms with E-state index in [0.29, 0.717) is 35.3 Å². The smallest absolute Gasteiger partial charge is 0.264 e. The van der Waals surface area contributed by atoms with E-state index in [9.17, 15) is 14.7 Å². The van der Waals surface area contributed by atoms with Gasteiger partial charge in [-0.25, -0.2) is 9.50 Å². The van der Waals surface area contributed by atoms with Gasteiger partial charge in [-0.15, -0.1) is 22.9 Å². The molecule has 0 bridgehead atoms. The Balaban J connectivity index is 1.02. The predicted molar refractivity (Wildman–Crippen MR) is 140 cm³/mol. The fourth-order valence-corrected chi connectivity index (χ4v) is 6.94. The van der Waals surface area contributed by atoms with E-state index in [0.717, 1.165) is 41.9 Å². The summed E-state index contributed by atoms with van der Waals surface area (Å²) in [6.07, 6.45) is 7.10. The molecule has 196 valence electrons. The Morgan fingerprint density at radius 2 is 2.05 bits per heavy atom. The van der Waals surface area contributed by atoms with Crippen LogP contribution in [0.25, 0.3) is 5.52 Å². The van der Waals surface area contributed by atoms with Gasteiger partial charge >= 0.3 is 0 Å². The molecule has 37 heavy (non-hydrogen) atoms. The first-order valence-corrected chi connectivity index (χ1v) is 13.7. The third-order valence-corrected chi connectivity index (χ3v) is 9.54. The number of anilines is 1. The highest BCUT2D eigenvalue weighted by Crippen LogP contribution is 2.57. The van der Waals surface area contributed by atoms with Gasteiger partial charge < -0.3 is 25.8 Å². The predicted octanol–water partition coefficient (Wildman–Crippen LogP) is 2.36. The second-order valence-electron chi connectivity index (χ2n) is 10.9. The van der Waals surface area contributed by atoms with Crippen LogP contribution in [0.5, 0.6) is 5.88 Å². The maximum Gasteiger partial charge on any atom is 0.264 e. The summed E-state index contributed by atoms with van der Waals surface area (Å²) < 4.78 is 7.68. The summed E-state index contributed by atoms with van der Waals surface area (Å²) in [6, 6.07) is 4.01. The highest BCUT2D eigenvalue weighted by molar-refractivity contribution is 7.13. The van der Waals surface area contributed by atoms with Crippen molar-refractivity contribution in [3.63, 3.8) is 0 Å². The number of rotatable bonds is 8. The summed E-state index contributed by atoms with van der Waals surface area (Å²) in [5.41, 5.74) is 7.65. The number of aliphatic hydroxyl groups is 1. The van der Waals surface area contributed by atoms with Gasteiger partial charge in [-0.05, 0) is 50.2 Å². The number of aromatic nitrogens is 3. The number of nitrogens with zero attached hydrogens (tertiary/aromatic N) is 4. The molecule has 4 N–H and O–H groups in total. The van der Waals surface area contributed by atoms with Crippen LogP contribution in [-0.4, -0.2) is 69.2 Å². The number of alkyl halides is 1. The van der Waals surface area contributed by atoms with Crippen LogP contribution in [0.2, 0.25) is 0 Å². The quantitative estimate of drug-likeness (QED) is 0.370. The maximum atomic E-state index is 13.0. The summed E-state index contributed by atoms with van der Waals surface area (Å²) in [6.45, 7) is 3.28. The van der Waals surface area contributed by atoms with Gasteiger partial charge in [0.15, 0.2) is 4.88 Å². The van der Waals surface area contributed by atoms with Crippen molar-refractivity contribution in [1.29, 1.82) is 0 Å². The highest BCUT2D eigenvalue weighted by atomic mass is 35.5. The number of hydrogen-bond acceptors (Lipinski definition) is 8. The fraction of sp³-hybridized carbons (Fsp3) is 0.520. The molecule has 10 nitrogen and oxygen atoms in total. The summed E-state index contributed by atoms with van der Waals surface area (Å²) in [4.78, 5) is 31.4. The molecule has 0 aromatic carbocycles. The van der Waals surface area contributed by atoms with Crippen LogP contribution < -0.4 is 20.7 Å². The Hall–Kier alpha value is -2.89. The van der Waals surface area contributed by atoms with E-state index in [-0.39, 0.29) is 35.5 Å². The number of hydrogen-bond donors (Lipinski definition) is 3. The van der Waals surface area contributed by atoms with Gasteiger partial charge in [-0.2, -0.15) is 5.10 Å². The minimum absolute atomic E-state index is 0.0171. The van der Waals surface area contributed by atoms with Crippen LogP contribution in [0.4, 0.5) is 5.69 Å². The van der Waals surface area contributed by atoms with Crippen LogP contribution >= 0.6 is 22.9 Å². The Morgan fingerprint density at radius 1 is 1.30 bits per heavy atom. The third-order valence-electron chi connectivity index (χ3n) is 8.00. The number of carbonyl (C=O) groups is 2. The molecule has 12 heteroatoms. The largest absolute Gasteiger partial charge is 0.473 e. The van der Waals surface area contributed by atoms with Gasteiger partial charge in [0.05, 0.1) is 40.8 Å². The molecule has 0 unspecified atom stereocenters. The summed E-state index contributed by atoms with van der Waals surface area (Å²) in [7, 11) is 0. The monoisotopic (exact) mass is 544 g/mol. The standard InChI is InChI=1S/C25H29ClN6O4S/c1-14-29-23(20(37-14)21(27)34)36-17-6-24(7-17)4-15(5-24)30-22(35)18-8-28-32-9-16(2-3-19(18)32)31-11-25(10-26,12-31)13-33/h2-3,8-9,15,17,33H,4-7,10-13H2,1H3,(H2,27,34)(H,30,35). The average Bonchev–Trinajstić information content (AvgIpc) is 3.39.